The highest BCUT2D eigenvalue weighted by Crippen LogP contribution is 2.45. The maximum atomic E-state index is 13.6. The van der Waals surface area contributed by atoms with E-state index in [4.69, 9.17) is 0 Å². The maximum Gasteiger partial charge on any atom is 0.238 e. The number of piperidine rings is 1. The lowest BCUT2D eigenvalue weighted by Gasteiger charge is -2.37. The molecule has 2 N–H and O–H groups in total. The third-order valence-corrected chi connectivity index (χ3v) is 7.30. The SMILES string of the molecule is Cc1n[nH]c(C)c1NC(=O)CN1CCC2(CC1)C[C@@H](Cc1ccc(F)cc1)N(CC(C)C)C2=O. The Morgan fingerprint density at radius 2 is 1.91 bits per heavy atom. The van der Waals surface area contributed by atoms with E-state index in [0.29, 0.717) is 12.5 Å². The molecule has 34 heavy (non-hydrogen) atoms. The molecule has 0 saturated carbocycles. The summed E-state index contributed by atoms with van der Waals surface area (Å²) in [5.74, 6) is 0.337. The molecule has 3 heterocycles. The van der Waals surface area contributed by atoms with E-state index in [-0.39, 0.29) is 29.1 Å². The van der Waals surface area contributed by atoms with Crippen molar-refractivity contribution in [2.45, 2.75) is 59.4 Å². The van der Waals surface area contributed by atoms with Crippen LogP contribution in [0.5, 0.6) is 0 Å². The number of benzene rings is 1. The Morgan fingerprint density at radius 1 is 1.24 bits per heavy atom. The number of aromatic nitrogens is 2. The van der Waals surface area contributed by atoms with Gasteiger partial charge >= 0.3 is 0 Å². The number of halogens is 1. The summed E-state index contributed by atoms with van der Waals surface area (Å²) in [4.78, 5) is 30.5. The quantitative estimate of drug-likeness (QED) is 0.648. The average molecular weight is 470 g/mol. The minimum absolute atomic E-state index is 0.0584. The smallest absolute Gasteiger partial charge is 0.238 e. The lowest BCUT2D eigenvalue weighted by molar-refractivity contribution is -0.139. The van der Waals surface area contributed by atoms with Gasteiger partial charge in [0, 0.05) is 12.6 Å². The first-order valence-electron chi connectivity index (χ1n) is 12.3. The Hall–Kier alpha value is -2.74. The molecule has 0 unspecified atom stereocenters. The molecular formula is C26H36FN5O2. The molecule has 2 fully saturated rings. The molecule has 2 aliphatic heterocycles. The van der Waals surface area contributed by atoms with Gasteiger partial charge < -0.3 is 10.2 Å². The van der Waals surface area contributed by atoms with Gasteiger partial charge in [-0.3, -0.25) is 19.6 Å². The van der Waals surface area contributed by atoms with Crippen molar-refractivity contribution in [2.75, 3.05) is 31.5 Å². The van der Waals surface area contributed by atoms with Crippen LogP contribution in [0.1, 0.15) is 50.1 Å². The van der Waals surface area contributed by atoms with Crippen LogP contribution in [0.2, 0.25) is 0 Å². The molecule has 4 rings (SSSR count). The molecule has 2 amide bonds. The fourth-order valence-electron chi connectivity index (χ4n) is 5.49. The summed E-state index contributed by atoms with van der Waals surface area (Å²) in [6.45, 7) is 10.5. The number of hydrogen-bond acceptors (Lipinski definition) is 4. The van der Waals surface area contributed by atoms with Crippen LogP contribution in [0.15, 0.2) is 24.3 Å². The van der Waals surface area contributed by atoms with Crippen LogP contribution in [0.25, 0.3) is 0 Å². The first-order chi connectivity index (χ1) is 16.2. The summed E-state index contributed by atoms with van der Waals surface area (Å²) in [7, 11) is 0. The second kappa shape index (κ2) is 9.86. The molecule has 8 heteroatoms. The van der Waals surface area contributed by atoms with Gasteiger partial charge in [0.1, 0.15) is 5.82 Å². The number of carbonyl (C=O) groups excluding carboxylic acids is 2. The number of likely N-dealkylation sites (tertiary alicyclic amines) is 2. The van der Waals surface area contributed by atoms with Gasteiger partial charge in [-0.1, -0.05) is 26.0 Å². The molecule has 0 bridgehead atoms. The van der Waals surface area contributed by atoms with Crippen LogP contribution in [0.3, 0.4) is 0 Å². The minimum atomic E-state index is -0.357. The molecule has 0 aliphatic carbocycles. The summed E-state index contributed by atoms with van der Waals surface area (Å²) in [6, 6.07) is 6.75. The predicted molar refractivity (Wildman–Crippen MR) is 130 cm³/mol. The van der Waals surface area contributed by atoms with Gasteiger partial charge in [-0.05, 0) is 76.2 Å². The van der Waals surface area contributed by atoms with Gasteiger partial charge in [0.05, 0.1) is 29.0 Å². The van der Waals surface area contributed by atoms with Crippen LogP contribution in [-0.2, 0) is 16.0 Å². The molecule has 1 spiro atoms. The lowest BCUT2D eigenvalue weighted by Crippen LogP contribution is -2.47. The summed E-state index contributed by atoms with van der Waals surface area (Å²) in [6.07, 6.45) is 3.09. The summed E-state index contributed by atoms with van der Waals surface area (Å²) >= 11 is 0. The topological polar surface area (TPSA) is 81.3 Å². The highest BCUT2D eigenvalue weighted by atomic mass is 19.1. The van der Waals surface area contributed by atoms with E-state index in [1.54, 1.807) is 0 Å². The highest BCUT2D eigenvalue weighted by Gasteiger charge is 2.52. The summed E-state index contributed by atoms with van der Waals surface area (Å²) in [5, 5.41) is 9.98. The number of nitrogens with zero attached hydrogens (tertiary/aromatic N) is 3. The minimum Gasteiger partial charge on any atom is -0.339 e. The van der Waals surface area contributed by atoms with Crippen LogP contribution in [0, 0.1) is 31.0 Å². The molecule has 0 radical (unpaired) electrons. The molecule has 2 aliphatic rings. The Bertz CT molecular complexity index is 1000. The summed E-state index contributed by atoms with van der Waals surface area (Å²) < 4.78 is 13.4. The average Bonchev–Trinajstić information content (AvgIpc) is 3.23. The van der Waals surface area contributed by atoms with Gasteiger partial charge in [-0.25, -0.2) is 4.39 Å². The molecule has 2 saturated heterocycles. The Kier molecular flexibility index (Phi) is 7.07. The zero-order valence-electron chi connectivity index (χ0n) is 20.7. The molecule has 1 aromatic carbocycles. The van der Waals surface area contributed by atoms with Crippen molar-refractivity contribution in [3.8, 4) is 0 Å². The number of carbonyl (C=O) groups is 2. The third kappa shape index (κ3) is 5.17. The van der Waals surface area contributed by atoms with Crippen molar-refractivity contribution in [3.63, 3.8) is 0 Å². The second-order valence-electron chi connectivity index (χ2n) is 10.5. The van der Waals surface area contributed by atoms with Gasteiger partial charge in [-0.2, -0.15) is 5.10 Å². The van der Waals surface area contributed by atoms with Crippen LogP contribution < -0.4 is 5.32 Å². The predicted octanol–water partition coefficient (Wildman–Crippen LogP) is 3.69. The number of amides is 2. The fourth-order valence-corrected chi connectivity index (χ4v) is 5.49. The molecule has 184 valence electrons. The van der Waals surface area contributed by atoms with Crippen molar-refractivity contribution in [3.05, 3.63) is 47.0 Å². The van der Waals surface area contributed by atoms with Crippen LogP contribution >= 0.6 is 0 Å². The van der Waals surface area contributed by atoms with E-state index >= 15 is 0 Å². The first kappa shape index (κ1) is 24.4. The number of anilines is 1. The zero-order valence-corrected chi connectivity index (χ0v) is 20.7. The second-order valence-corrected chi connectivity index (χ2v) is 10.5. The summed E-state index contributed by atoms with van der Waals surface area (Å²) in [5.41, 5.74) is 3.07. The number of aromatic amines is 1. The van der Waals surface area contributed by atoms with Crippen molar-refractivity contribution in [1.82, 2.24) is 20.0 Å². The molecule has 1 aromatic heterocycles. The third-order valence-electron chi connectivity index (χ3n) is 7.30. The van der Waals surface area contributed by atoms with E-state index in [9.17, 15) is 14.0 Å². The number of rotatable bonds is 7. The van der Waals surface area contributed by atoms with Gasteiger partial charge in [-0.15, -0.1) is 0 Å². The van der Waals surface area contributed by atoms with Gasteiger partial charge in [0.2, 0.25) is 11.8 Å². The monoisotopic (exact) mass is 469 g/mol. The number of aryl methyl sites for hydroxylation is 2. The van der Waals surface area contributed by atoms with Crippen molar-refractivity contribution in [1.29, 1.82) is 0 Å². The number of H-pyrrole nitrogens is 1. The standard InChI is InChI=1S/C26H36FN5O2/c1-17(2)15-32-22(13-20-5-7-21(27)8-6-20)14-26(25(32)34)9-11-31(12-10-26)16-23(33)28-24-18(3)29-30-19(24)4/h5-8,17,22H,9-16H2,1-4H3,(H,28,33)(H,29,30)/t22-/m1/s1. The first-order valence-corrected chi connectivity index (χ1v) is 12.3. The highest BCUT2D eigenvalue weighted by molar-refractivity contribution is 5.93. The van der Waals surface area contributed by atoms with E-state index in [0.717, 1.165) is 68.0 Å². The van der Waals surface area contributed by atoms with E-state index in [2.05, 4.69) is 39.2 Å². The Labute approximate surface area is 201 Å². The van der Waals surface area contributed by atoms with E-state index < -0.39 is 0 Å². The Balaban J connectivity index is 1.39. The fraction of sp³-hybridized carbons (Fsp3) is 0.577. The van der Waals surface area contributed by atoms with Crippen molar-refractivity contribution < 1.29 is 14.0 Å². The van der Waals surface area contributed by atoms with Crippen LogP contribution in [-0.4, -0.2) is 64.0 Å². The Morgan fingerprint density at radius 3 is 2.50 bits per heavy atom. The van der Waals surface area contributed by atoms with E-state index in [1.807, 2.05) is 26.0 Å². The molecule has 2 aromatic rings. The maximum absolute atomic E-state index is 13.6. The lowest BCUT2D eigenvalue weighted by atomic mass is 9.75. The number of hydrogen-bond donors (Lipinski definition) is 2. The zero-order chi connectivity index (χ0) is 24.5. The molecule has 7 nitrogen and oxygen atoms in total. The molecular weight excluding hydrogens is 433 g/mol. The van der Waals surface area contributed by atoms with Crippen molar-refractivity contribution >= 4 is 17.5 Å². The largest absolute Gasteiger partial charge is 0.339 e. The number of nitrogens with one attached hydrogen (secondary N) is 2. The van der Waals surface area contributed by atoms with Crippen LogP contribution in [0.4, 0.5) is 10.1 Å². The van der Waals surface area contributed by atoms with E-state index in [1.165, 1.54) is 12.1 Å². The van der Waals surface area contributed by atoms with Crippen molar-refractivity contribution in [2.24, 2.45) is 11.3 Å². The van der Waals surface area contributed by atoms with Gasteiger partial charge in [0.25, 0.3) is 0 Å². The molecule has 1 atom stereocenters. The van der Waals surface area contributed by atoms with Gasteiger partial charge in [0.15, 0.2) is 0 Å². The normalized spacial score (nSPS) is 20.5.